The maximum atomic E-state index is 3.54. The zero-order valence-electron chi connectivity index (χ0n) is 13.5. The third-order valence-corrected chi connectivity index (χ3v) is 4.06. The highest BCUT2D eigenvalue weighted by Gasteiger charge is 2.26. The third kappa shape index (κ3) is 4.96. The molecule has 0 fully saturated rings. The number of hydrogen-bond acceptors (Lipinski definition) is 2. The smallest absolute Gasteiger partial charge is 0.0233 e. The number of nitrogens with zero attached hydrogens (tertiary/aromatic N) is 1. The molecule has 0 aliphatic heterocycles. The molecule has 0 saturated heterocycles. The van der Waals surface area contributed by atoms with Gasteiger partial charge < -0.3 is 10.2 Å². The van der Waals surface area contributed by atoms with Crippen LogP contribution >= 0.6 is 0 Å². The van der Waals surface area contributed by atoms with Crippen LogP contribution in [-0.2, 0) is 6.54 Å². The van der Waals surface area contributed by atoms with Crippen molar-refractivity contribution in [3.05, 3.63) is 35.4 Å². The molecule has 0 radical (unpaired) electrons. The van der Waals surface area contributed by atoms with Gasteiger partial charge in [-0.25, -0.2) is 0 Å². The molecule has 0 saturated carbocycles. The lowest BCUT2D eigenvalue weighted by atomic mass is 9.84. The number of nitrogens with one attached hydrogen (secondary N) is 1. The number of rotatable bonds is 7. The summed E-state index contributed by atoms with van der Waals surface area (Å²) in [7, 11) is 2.22. The van der Waals surface area contributed by atoms with Crippen LogP contribution in [0.2, 0.25) is 0 Å². The van der Waals surface area contributed by atoms with Gasteiger partial charge in [-0.1, -0.05) is 45.0 Å². The monoisotopic (exact) mass is 262 g/mol. The van der Waals surface area contributed by atoms with Crippen LogP contribution in [0, 0.1) is 12.3 Å². The summed E-state index contributed by atoms with van der Waals surface area (Å²) >= 11 is 0. The van der Waals surface area contributed by atoms with Crippen LogP contribution in [0.5, 0.6) is 0 Å². The van der Waals surface area contributed by atoms with E-state index in [0.29, 0.717) is 6.04 Å². The molecule has 0 aliphatic rings. The van der Waals surface area contributed by atoms with Crippen molar-refractivity contribution in [2.45, 2.75) is 47.2 Å². The lowest BCUT2D eigenvalue weighted by Gasteiger charge is -2.36. The van der Waals surface area contributed by atoms with Crippen molar-refractivity contribution in [2.75, 3.05) is 20.1 Å². The summed E-state index contributed by atoms with van der Waals surface area (Å²) in [6, 6.07) is 9.18. The van der Waals surface area contributed by atoms with E-state index in [-0.39, 0.29) is 5.41 Å². The van der Waals surface area contributed by atoms with E-state index in [0.717, 1.165) is 19.6 Å². The minimum atomic E-state index is 0.271. The van der Waals surface area contributed by atoms with E-state index in [1.54, 1.807) is 0 Å². The second-order valence-electron chi connectivity index (χ2n) is 6.37. The van der Waals surface area contributed by atoms with Crippen molar-refractivity contribution in [1.82, 2.24) is 10.2 Å². The molecule has 0 heterocycles. The molecule has 1 aromatic carbocycles. The molecule has 0 bridgehead atoms. The van der Waals surface area contributed by atoms with E-state index in [9.17, 15) is 0 Å². The predicted molar refractivity (Wildman–Crippen MR) is 84.4 cm³/mol. The Hall–Kier alpha value is -0.860. The van der Waals surface area contributed by atoms with E-state index < -0.39 is 0 Å². The topological polar surface area (TPSA) is 15.3 Å². The molecule has 1 atom stereocenters. The van der Waals surface area contributed by atoms with Crippen LogP contribution < -0.4 is 5.32 Å². The number of aryl methyl sites for hydroxylation is 1. The normalized spacial score (nSPS) is 13.8. The maximum absolute atomic E-state index is 3.54. The summed E-state index contributed by atoms with van der Waals surface area (Å²) in [5.74, 6) is 0. The Labute approximate surface area is 119 Å². The Bertz CT molecular complexity index is 385. The van der Waals surface area contributed by atoms with Crippen LogP contribution in [-0.4, -0.2) is 31.1 Å². The lowest BCUT2D eigenvalue weighted by Crippen LogP contribution is -2.45. The Morgan fingerprint density at radius 2 is 1.89 bits per heavy atom. The van der Waals surface area contributed by atoms with Crippen molar-refractivity contribution in [3.8, 4) is 0 Å². The molecule has 1 aromatic rings. The molecule has 1 rings (SSSR count). The van der Waals surface area contributed by atoms with Gasteiger partial charge in [0.2, 0.25) is 0 Å². The molecule has 19 heavy (non-hydrogen) atoms. The summed E-state index contributed by atoms with van der Waals surface area (Å²) < 4.78 is 0. The fraction of sp³-hybridized carbons (Fsp3) is 0.647. The van der Waals surface area contributed by atoms with Gasteiger partial charge in [-0.3, -0.25) is 0 Å². The number of benzene rings is 1. The van der Waals surface area contributed by atoms with Gasteiger partial charge in [0, 0.05) is 19.1 Å². The van der Waals surface area contributed by atoms with Crippen LogP contribution in [0.1, 0.15) is 38.8 Å². The van der Waals surface area contributed by atoms with Gasteiger partial charge in [-0.2, -0.15) is 0 Å². The van der Waals surface area contributed by atoms with Gasteiger partial charge in [0.1, 0.15) is 0 Å². The molecule has 1 N–H and O–H groups in total. The largest absolute Gasteiger partial charge is 0.314 e. The maximum Gasteiger partial charge on any atom is 0.0233 e. The molecule has 0 amide bonds. The zero-order chi connectivity index (χ0) is 14.5. The molecular weight excluding hydrogens is 232 g/mol. The highest BCUT2D eigenvalue weighted by atomic mass is 15.1. The van der Waals surface area contributed by atoms with E-state index in [2.05, 4.69) is 76.1 Å². The lowest BCUT2D eigenvalue weighted by molar-refractivity contribution is 0.161. The van der Waals surface area contributed by atoms with Gasteiger partial charge >= 0.3 is 0 Å². The first kappa shape index (κ1) is 16.2. The molecule has 0 aliphatic carbocycles. The van der Waals surface area contributed by atoms with Crippen LogP contribution in [0.15, 0.2) is 24.3 Å². The summed E-state index contributed by atoms with van der Waals surface area (Å²) in [6.07, 6.45) is 0. The summed E-state index contributed by atoms with van der Waals surface area (Å²) in [5, 5.41) is 3.54. The predicted octanol–water partition coefficient (Wildman–Crippen LogP) is 3.45. The minimum absolute atomic E-state index is 0.271. The molecule has 0 aromatic heterocycles. The Morgan fingerprint density at radius 1 is 1.26 bits per heavy atom. The van der Waals surface area contributed by atoms with Crippen molar-refractivity contribution < 1.29 is 0 Å². The molecule has 1 unspecified atom stereocenters. The summed E-state index contributed by atoms with van der Waals surface area (Å²) in [5.41, 5.74) is 3.08. The van der Waals surface area contributed by atoms with Gasteiger partial charge in [0.15, 0.2) is 0 Å². The quantitative estimate of drug-likeness (QED) is 0.809. The first-order valence-corrected chi connectivity index (χ1v) is 7.33. The van der Waals surface area contributed by atoms with Gasteiger partial charge in [0.05, 0.1) is 0 Å². The molecule has 2 heteroatoms. The van der Waals surface area contributed by atoms with Crippen LogP contribution in [0.4, 0.5) is 0 Å². The highest BCUT2D eigenvalue weighted by Crippen LogP contribution is 2.22. The average Bonchev–Trinajstić information content (AvgIpc) is 2.31. The van der Waals surface area contributed by atoms with E-state index in [1.807, 2.05) is 0 Å². The van der Waals surface area contributed by atoms with Gasteiger partial charge in [0.25, 0.3) is 0 Å². The second kappa shape index (κ2) is 7.06. The summed E-state index contributed by atoms with van der Waals surface area (Å²) in [6.45, 7) is 14.5. The van der Waals surface area contributed by atoms with Crippen LogP contribution in [0.3, 0.4) is 0 Å². The molecular formula is C17H30N2. The Kier molecular flexibility index (Phi) is 6.02. The molecule has 0 spiro atoms. The Morgan fingerprint density at radius 3 is 2.47 bits per heavy atom. The fourth-order valence-electron chi connectivity index (χ4n) is 2.55. The van der Waals surface area contributed by atoms with Crippen molar-refractivity contribution in [2.24, 2.45) is 5.41 Å². The summed E-state index contributed by atoms with van der Waals surface area (Å²) in [4.78, 5) is 2.43. The zero-order valence-corrected chi connectivity index (χ0v) is 13.5. The first-order valence-electron chi connectivity index (χ1n) is 7.33. The SMILES string of the molecule is CCNC(C)C(C)(C)CN(C)Cc1ccccc1C. The highest BCUT2D eigenvalue weighted by molar-refractivity contribution is 5.25. The standard InChI is InChI=1S/C17H30N2/c1-7-18-15(3)17(4,5)13-19(6)12-16-11-9-8-10-14(16)2/h8-11,15,18H,7,12-13H2,1-6H3. The average molecular weight is 262 g/mol. The fourth-order valence-corrected chi connectivity index (χ4v) is 2.55. The van der Waals surface area contributed by atoms with Crippen LogP contribution in [0.25, 0.3) is 0 Å². The van der Waals surface area contributed by atoms with E-state index >= 15 is 0 Å². The minimum Gasteiger partial charge on any atom is -0.314 e. The van der Waals surface area contributed by atoms with Gasteiger partial charge in [-0.15, -0.1) is 0 Å². The Balaban J connectivity index is 2.60. The third-order valence-electron chi connectivity index (χ3n) is 4.06. The van der Waals surface area contributed by atoms with Crippen molar-refractivity contribution in [1.29, 1.82) is 0 Å². The van der Waals surface area contributed by atoms with Gasteiger partial charge in [-0.05, 0) is 44.0 Å². The van der Waals surface area contributed by atoms with Crippen molar-refractivity contribution in [3.63, 3.8) is 0 Å². The van der Waals surface area contributed by atoms with E-state index in [4.69, 9.17) is 0 Å². The van der Waals surface area contributed by atoms with E-state index in [1.165, 1.54) is 11.1 Å². The first-order chi connectivity index (χ1) is 8.86. The van der Waals surface area contributed by atoms with Crippen molar-refractivity contribution >= 4 is 0 Å². The molecule has 2 nitrogen and oxygen atoms in total. The second-order valence-corrected chi connectivity index (χ2v) is 6.37. The number of hydrogen-bond donors (Lipinski definition) is 1. The molecule has 108 valence electrons.